The van der Waals surface area contributed by atoms with Gasteiger partial charge in [0.05, 0.1) is 0 Å². The Kier molecular flexibility index (Phi) is 6.47. The number of nitrogens with zero attached hydrogens (tertiary/aromatic N) is 3. The monoisotopic (exact) mass is 287 g/mol. The molecule has 2 fully saturated rings. The van der Waals surface area contributed by atoms with Gasteiger partial charge in [0.25, 0.3) is 0 Å². The Labute approximate surface area is 122 Å². The summed E-state index contributed by atoms with van der Waals surface area (Å²) < 4.78 is 0.413. The summed E-state index contributed by atoms with van der Waals surface area (Å²) in [5, 5.41) is 0. The highest BCUT2D eigenvalue weighted by Gasteiger charge is 2.39. The van der Waals surface area contributed by atoms with Crippen molar-refractivity contribution in [3.63, 3.8) is 0 Å². The Morgan fingerprint density at radius 3 is 2.21 bits per heavy atom. The molecule has 5 heteroatoms. The van der Waals surface area contributed by atoms with Gasteiger partial charge in [0, 0.05) is 50.8 Å². The van der Waals surface area contributed by atoms with E-state index >= 15 is 0 Å². The molecular weight excluding hydrogens is 258 g/mol. The van der Waals surface area contributed by atoms with Crippen LogP contribution in [0.1, 0.15) is 26.7 Å². The number of likely N-dealkylation sites (tertiary alicyclic amines) is 1. The highest BCUT2D eigenvalue weighted by Crippen LogP contribution is 2.39. The number of hydrogen-bond acceptors (Lipinski definition) is 3. The zero-order valence-electron chi connectivity index (χ0n) is 13.1. The van der Waals surface area contributed by atoms with Crippen LogP contribution in [0.15, 0.2) is 0 Å². The molecule has 0 aliphatic carbocycles. The number of rotatable bonds is 0. The lowest BCUT2D eigenvalue weighted by atomic mass is 9.95. The second-order valence-corrected chi connectivity index (χ2v) is 7.00. The molecule has 0 atom stereocenters. The van der Waals surface area contributed by atoms with Crippen molar-refractivity contribution < 1.29 is 4.79 Å². The summed E-state index contributed by atoms with van der Waals surface area (Å²) in [7, 11) is 5.87. The minimum Gasteiger partial charge on any atom is -0.331 e. The van der Waals surface area contributed by atoms with E-state index in [-0.39, 0.29) is 6.03 Å². The van der Waals surface area contributed by atoms with E-state index in [1.54, 1.807) is 4.90 Å². The van der Waals surface area contributed by atoms with Crippen molar-refractivity contribution in [2.24, 2.45) is 0 Å². The van der Waals surface area contributed by atoms with E-state index in [1.165, 1.54) is 18.8 Å². The Hall–Kier alpha value is -0.420. The minimum atomic E-state index is 0.161. The van der Waals surface area contributed by atoms with Gasteiger partial charge in [-0.05, 0) is 19.9 Å². The Morgan fingerprint density at radius 2 is 1.74 bits per heavy atom. The minimum absolute atomic E-state index is 0.161. The molecule has 0 radical (unpaired) electrons. The maximum absolute atomic E-state index is 11.9. The standard InChI is InChI=1S/C12H23N3OS.C2H6/c1-13(2)11(16)15-6-4-12(5-7-15)10-14(3)8-9-17-12;1-2/h4-10H2,1-3H3;1-2H3. The van der Waals surface area contributed by atoms with E-state index in [4.69, 9.17) is 0 Å². The van der Waals surface area contributed by atoms with Gasteiger partial charge in [-0.15, -0.1) is 0 Å². The third-order valence-corrected chi connectivity index (χ3v) is 5.30. The second-order valence-electron chi connectivity index (χ2n) is 5.43. The van der Waals surface area contributed by atoms with Crippen molar-refractivity contribution >= 4 is 17.8 Å². The van der Waals surface area contributed by atoms with Crippen molar-refractivity contribution in [2.75, 3.05) is 53.1 Å². The predicted octanol–water partition coefficient (Wildman–Crippen LogP) is 2.21. The van der Waals surface area contributed by atoms with Crippen molar-refractivity contribution in [1.29, 1.82) is 0 Å². The quantitative estimate of drug-likeness (QED) is 0.683. The largest absolute Gasteiger partial charge is 0.331 e. The van der Waals surface area contributed by atoms with Crippen LogP contribution < -0.4 is 0 Å². The molecule has 2 aliphatic heterocycles. The summed E-state index contributed by atoms with van der Waals surface area (Å²) in [4.78, 5) is 18.0. The molecule has 0 N–H and O–H groups in total. The van der Waals surface area contributed by atoms with Crippen LogP contribution in [-0.2, 0) is 0 Å². The maximum Gasteiger partial charge on any atom is 0.319 e. The van der Waals surface area contributed by atoms with E-state index in [9.17, 15) is 4.79 Å². The van der Waals surface area contributed by atoms with Crippen molar-refractivity contribution in [3.05, 3.63) is 0 Å². The first kappa shape index (κ1) is 16.6. The van der Waals surface area contributed by atoms with Gasteiger partial charge in [-0.1, -0.05) is 13.8 Å². The molecular formula is C14H29N3OS. The molecule has 2 rings (SSSR count). The first-order chi connectivity index (χ1) is 9.02. The van der Waals surface area contributed by atoms with Crippen molar-refractivity contribution in [3.8, 4) is 0 Å². The van der Waals surface area contributed by atoms with Gasteiger partial charge >= 0.3 is 6.03 Å². The lowest BCUT2D eigenvalue weighted by Crippen LogP contribution is -2.53. The summed E-state index contributed by atoms with van der Waals surface area (Å²) in [6.07, 6.45) is 2.28. The highest BCUT2D eigenvalue weighted by molar-refractivity contribution is 8.00. The van der Waals surface area contributed by atoms with Gasteiger partial charge in [0.2, 0.25) is 0 Å². The molecule has 2 saturated heterocycles. The highest BCUT2D eigenvalue weighted by atomic mass is 32.2. The fourth-order valence-corrected chi connectivity index (χ4v) is 4.34. The lowest BCUT2D eigenvalue weighted by Gasteiger charge is -2.46. The average molecular weight is 287 g/mol. The summed E-state index contributed by atoms with van der Waals surface area (Å²) in [6.45, 7) is 8.21. The first-order valence-electron chi connectivity index (χ1n) is 7.31. The first-order valence-corrected chi connectivity index (χ1v) is 8.30. The fraction of sp³-hybridized carbons (Fsp3) is 0.929. The molecule has 2 aliphatic rings. The molecule has 0 aromatic heterocycles. The molecule has 2 amide bonds. The van der Waals surface area contributed by atoms with Crippen LogP contribution in [0, 0.1) is 0 Å². The summed E-state index contributed by atoms with van der Waals surface area (Å²) in [5.74, 6) is 1.23. The number of carbonyl (C=O) groups is 1. The molecule has 2 heterocycles. The van der Waals surface area contributed by atoms with Crippen LogP contribution >= 0.6 is 11.8 Å². The zero-order valence-corrected chi connectivity index (χ0v) is 13.9. The second kappa shape index (κ2) is 7.39. The van der Waals surface area contributed by atoms with Crippen LogP contribution in [0.2, 0.25) is 0 Å². The van der Waals surface area contributed by atoms with Gasteiger partial charge in [0.1, 0.15) is 0 Å². The number of hydrogen-bond donors (Lipinski definition) is 0. The summed E-state index contributed by atoms with van der Waals surface area (Å²) in [5.41, 5.74) is 0. The molecule has 1 spiro atoms. The molecule has 0 aromatic rings. The smallest absolute Gasteiger partial charge is 0.319 e. The maximum atomic E-state index is 11.9. The lowest BCUT2D eigenvalue weighted by molar-refractivity contribution is 0.144. The van der Waals surface area contributed by atoms with Crippen molar-refractivity contribution in [2.45, 2.75) is 31.4 Å². The van der Waals surface area contributed by atoms with Crippen LogP contribution in [0.25, 0.3) is 0 Å². The van der Waals surface area contributed by atoms with E-state index in [1.807, 2.05) is 32.8 Å². The Balaban J connectivity index is 0.000000861. The van der Waals surface area contributed by atoms with Gasteiger partial charge in [-0.3, -0.25) is 0 Å². The molecule has 0 saturated carbocycles. The van der Waals surface area contributed by atoms with Crippen LogP contribution in [0.3, 0.4) is 0 Å². The van der Waals surface area contributed by atoms with E-state index in [0.717, 1.165) is 25.9 Å². The van der Waals surface area contributed by atoms with Gasteiger partial charge in [-0.25, -0.2) is 4.79 Å². The molecule has 0 aromatic carbocycles. The zero-order chi connectivity index (χ0) is 14.5. The Bertz CT molecular complexity index is 288. The number of urea groups is 1. The van der Waals surface area contributed by atoms with E-state index in [2.05, 4.69) is 23.7 Å². The predicted molar refractivity (Wildman–Crippen MR) is 83.9 cm³/mol. The van der Waals surface area contributed by atoms with E-state index in [0.29, 0.717) is 4.75 Å². The van der Waals surface area contributed by atoms with Gasteiger partial charge in [0.15, 0.2) is 0 Å². The molecule has 112 valence electrons. The number of amides is 2. The molecule has 4 nitrogen and oxygen atoms in total. The van der Waals surface area contributed by atoms with Crippen LogP contribution in [0.5, 0.6) is 0 Å². The van der Waals surface area contributed by atoms with Crippen molar-refractivity contribution in [1.82, 2.24) is 14.7 Å². The average Bonchev–Trinajstić information content (AvgIpc) is 2.41. The normalized spacial score (nSPS) is 22.7. The number of carbonyl (C=O) groups excluding carboxylic acids is 1. The summed E-state index contributed by atoms with van der Waals surface area (Å²) in [6, 6.07) is 0.161. The molecule has 0 unspecified atom stereocenters. The topological polar surface area (TPSA) is 26.8 Å². The number of piperidine rings is 1. The van der Waals surface area contributed by atoms with Gasteiger partial charge < -0.3 is 14.7 Å². The Morgan fingerprint density at radius 1 is 1.16 bits per heavy atom. The summed E-state index contributed by atoms with van der Waals surface area (Å²) >= 11 is 2.12. The third-order valence-electron chi connectivity index (χ3n) is 3.77. The third kappa shape index (κ3) is 4.28. The number of thioether (sulfide) groups is 1. The fourth-order valence-electron chi connectivity index (χ4n) is 2.73. The van der Waals surface area contributed by atoms with Crippen LogP contribution in [-0.4, -0.2) is 78.6 Å². The van der Waals surface area contributed by atoms with E-state index < -0.39 is 0 Å². The molecule has 0 bridgehead atoms. The van der Waals surface area contributed by atoms with Crippen LogP contribution in [0.4, 0.5) is 4.79 Å². The molecule has 19 heavy (non-hydrogen) atoms. The SMILES string of the molecule is CC.CN1CCSC2(CCN(C(=O)N(C)C)CC2)C1. The van der Waals surface area contributed by atoms with Gasteiger partial charge in [-0.2, -0.15) is 11.8 Å².